The predicted octanol–water partition coefficient (Wildman–Crippen LogP) is 3.30. The van der Waals surface area contributed by atoms with Crippen molar-refractivity contribution in [2.45, 2.75) is 20.8 Å². The fourth-order valence-electron chi connectivity index (χ4n) is 2.17. The van der Waals surface area contributed by atoms with E-state index < -0.39 is 5.41 Å². The quantitative estimate of drug-likeness (QED) is 0.738. The van der Waals surface area contributed by atoms with Gasteiger partial charge in [-0.05, 0) is 45.0 Å². The second-order valence-corrected chi connectivity index (χ2v) is 6.56. The summed E-state index contributed by atoms with van der Waals surface area (Å²) in [5, 5.41) is 15.5. The molecule has 0 spiro atoms. The lowest BCUT2D eigenvalue weighted by Gasteiger charge is -2.20. The van der Waals surface area contributed by atoms with Gasteiger partial charge in [-0.1, -0.05) is 12.1 Å². The summed E-state index contributed by atoms with van der Waals surface area (Å²) in [5.41, 5.74) is 2.45. The molecule has 0 aliphatic carbocycles. The Morgan fingerprint density at radius 2 is 2.04 bits per heavy atom. The molecule has 3 aromatic rings. The van der Waals surface area contributed by atoms with Crippen LogP contribution in [0.1, 0.15) is 19.7 Å². The van der Waals surface area contributed by atoms with Gasteiger partial charge in [0.2, 0.25) is 5.91 Å². The maximum absolute atomic E-state index is 12.3. The lowest BCUT2D eigenvalue weighted by Crippen LogP contribution is -2.32. The number of alkyl halides is 1. The first-order valence-electron chi connectivity index (χ1n) is 7.58. The zero-order valence-corrected chi connectivity index (χ0v) is 14.5. The van der Waals surface area contributed by atoms with Gasteiger partial charge in [0.05, 0.1) is 11.1 Å². The second-order valence-electron chi connectivity index (χ2n) is 6.29. The summed E-state index contributed by atoms with van der Waals surface area (Å²) >= 11 is 5.86. The van der Waals surface area contributed by atoms with Gasteiger partial charge in [0.1, 0.15) is 0 Å². The van der Waals surface area contributed by atoms with Crippen molar-refractivity contribution in [1.29, 1.82) is 0 Å². The molecule has 0 bridgehead atoms. The molecule has 24 heavy (non-hydrogen) atoms. The van der Waals surface area contributed by atoms with E-state index in [1.54, 1.807) is 4.52 Å². The number of nitrogens with zero attached hydrogens (tertiary/aromatic N) is 4. The van der Waals surface area contributed by atoms with Crippen molar-refractivity contribution in [1.82, 2.24) is 19.8 Å². The second kappa shape index (κ2) is 6.20. The molecule has 124 valence electrons. The molecule has 0 saturated heterocycles. The summed E-state index contributed by atoms with van der Waals surface area (Å²) in [6.45, 7) is 5.47. The Hall–Kier alpha value is -2.47. The van der Waals surface area contributed by atoms with E-state index in [-0.39, 0.29) is 11.8 Å². The molecule has 2 heterocycles. The predicted molar refractivity (Wildman–Crippen MR) is 94.1 cm³/mol. The lowest BCUT2D eigenvalue weighted by molar-refractivity contribution is -0.122. The standard InChI is InChI=1S/C17H18ClN5O/c1-11-20-21-15-8-7-14(22-23(11)15)12-5-4-6-13(9-12)19-16(24)17(2,3)10-18/h4-9H,10H2,1-3H3,(H,19,24). The molecular weight excluding hydrogens is 326 g/mol. The Morgan fingerprint density at radius 1 is 1.25 bits per heavy atom. The molecule has 6 nitrogen and oxygen atoms in total. The van der Waals surface area contributed by atoms with Crippen LogP contribution in [0, 0.1) is 12.3 Å². The first-order chi connectivity index (χ1) is 11.4. The van der Waals surface area contributed by atoms with E-state index in [0.29, 0.717) is 11.3 Å². The average Bonchev–Trinajstić information content (AvgIpc) is 2.95. The van der Waals surface area contributed by atoms with Crippen LogP contribution in [0.4, 0.5) is 5.69 Å². The number of anilines is 1. The first kappa shape index (κ1) is 16.4. The van der Waals surface area contributed by atoms with Crippen LogP contribution < -0.4 is 5.32 Å². The van der Waals surface area contributed by atoms with Crippen molar-refractivity contribution in [2.75, 3.05) is 11.2 Å². The zero-order chi connectivity index (χ0) is 17.3. The Morgan fingerprint density at radius 3 is 2.79 bits per heavy atom. The molecule has 1 N–H and O–H groups in total. The van der Waals surface area contributed by atoms with Crippen LogP contribution in [0.3, 0.4) is 0 Å². The third-order valence-corrected chi connectivity index (χ3v) is 4.45. The highest BCUT2D eigenvalue weighted by Crippen LogP contribution is 2.24. The van der Waals surface area contributed by atoms with Gasteiger partial charge in [-0.3, -0.25) is 4.79 Å². The Balaban J connectivity index is 1.92. The smallest absolute Gasteiger partial charge is 0.231 e. The summed E-state index contributed by atoms with van der Waals surface area (Å²) in [5.74, 6) is 0.858. The van der Waals surface area contributed by atoms with Crippen LogP contribution >= 0.6 is 11.6 Å². The van der Waals surface area contributed by atoms with E-state index in [1.807, 2.05) is 57.2 Å². The zero-order valence-electron chi connectivity index (χ0n) is 13.7. The van der Waals surface area contributed by atoms with Crippen LogP contribution in [0.25, 0.3) is 16.9 Å². The number of nitrogens with one attached hydrogen (secondary N) is 1. The third-order valence-electron chi connectivity index (χ3n) is 3.78. The first-order valence-corrected chi connectivity index (χ1v) is 8.11. The Bertz CT molecular complexity index is 903. The lowest BCUT2D eigenvalue weighted by atomic mass is 9.95. The van der Waals surface area contributed by atoms with Crippen LogP contribution in [-0.4, -0.2) is 31.6 Å². The molecule has 0 saturated carbocycles. The molecule has 0 unspecified atom stereocenters. The average molecular weight is 344 g/mol. The molecule has 0 radical (unpaired) electrons. The molecule has 0 aliphatic heterocycles. The molecule has 2 aromatic heterocycles. The maximum atomic E-state index is 12.3. The number of halogens is 1. The van der Waals surface area contributed by atoms with Gasteiger partial charge in [0, 0.05) is 17.1 Å². The minimum Gasteiger partial charge on any atom is -0.326 e. The van der Waals surface area contributed by atoms with E-state index in [9.17, 15) is 4.79 Å². The van der Waals surface area contributed by atoms with E-state index in [2.05, 4.69) is 20.6 Å². The number of amides is 1. The summed E-state index contributed by atoms with van der Waals surface area (Å²) in [6, 6.07) is 11.3. The highest BCUT2D eigenvalue weighted by Gasteiger charge is 2.26. The molecule has 3 rings (SSSR count). The highest BCUT2D eigenvalue weighted by atomic mass is 35.5. The molecule has 0 atom stereocenters. The molecule has 1 aromatic carbocycles. The number of carbonyl (C=O) groups excluding carboxylic acids is 1. The molecule has 0 fully saturated rings. The topological polar surface area (TPSA) is 72.2 Å². The van der Waals surface area contributed by atoms with E-state index in [1.165, 1.54) is 0 Å². The number of rotatable bonds is 4. The fourth-order valence-corrected chi connectivity index (χ4v) is 2.29. The van der Waals surface area contributed by atoms with Gasteiger partial charge in [0.15, 0.2) is 11.5 Å². The maximum Gasteiger partial charge on any atom is 0.231 e. The van der Waals surface area contributed by atoms with Crippen molar-refractivity contribution < 1.29 is 4.79 Å². The van der Waals surface area contributed by atoms with Crippen molar-refractivity contribution in [3.05, 3.63) is 42.2 Å². The van der Waals surface area contributed by atoms with Crippen molar-refractivity contribution in [3.8, 4) is 11.3 Å². The molecule has 0 aliphatic rings. The van der Waals surface area contributed by atoms with Gasteiger partial charge < -0.3 is 5.32 Å². The van der Waals surface area contributed by atoms with Crippen LogP contribution in [0.15, 0.2) is 36.4 Å². The number of hydrogen-bond acceptors (Lipinski definition) is 4. The van der Waals surface area contributed by atoms with Gasteiger partial charge in [-0.2, -0.15) is 9.61 Å². The van der Waals surface area contributed by atoms with Crippen LogP contribution in [0.5, 0.6) is 0 Å². The minimum atomic E-state index is -0.631. The van der Waals surface area contributed by atoms with E-state index >= 15 is 0 Å². The molecule has 7 heteroatoms. The fraction of sp³-hybridized carbons (Fsp3) is 0.294. The minimum absolute atomic E-state index is 0.118. The SMILES string of the molecule is Cc1nnc2ccc(-c3cccc(NC(=O)C(C)(C)CCl)c3)nn12. The van der Waals surface area contributed by atoms with Gasteiger partial charge >= 0.3 is 0 Å². The van der Waals surface area contributed by atoms with Crippen LogP contribution in [0.2, 0.25) is 0 Å². The van der Waals surface area contributed by atoms with E-state index in [0.717, 1.165) is 17.1 Å². The van der Waals surface area contributed by atoms with Crippen LogP contribution in [-0.2, 0) is 4.79 Å². The van der Waals surface area contributed by atoms with Crippen molar-refractivity contribution >= 4 is 28.8 Å². The van der Waals surface area contributed by atoms with Gasteiger partial charge in [-0.15, -0.1) is 21.8 Å². The van der Waals surface area contributed by atoms with Crippen molar-refractivity contribution in [3.63, 3.8) is 0 Å². The number of carbonyl (C=O) groups is 1. The summed E-state index contributed by atoms with van der Waals surface area (Å²) in [7, 11) is 0. The number of hydrogen-bond donors (Lipinski definition) is 1. The Labute approximate surface area is 144 Å². The van der Waals surface area contributed by atoms with Gasteiger partial charge in [0.25, 0.3) is 0 Å². The largest absolute Gasteiger partial charge is 0.326 e. The monoisotopic (exact) mass is 343 g/mol. The highest BCUT2D eigenvalue weighted by molar-refractivity contribution is 6.20. The molecular formula is C17H18ClN5O. The normalized spacial score (nSPS) is 11.7. The van der Waals surface area contributed by atoms with Crippen molar-refractivity contribution in [2.24, 2.45) is 5.41 Å². The summed E-state index contributed by atoms with van der Waals surface area (Å²) in [6.07, 6.45) is 0. The molecule has 1 amide bonds. The summed E-state index contributed by atoms with van der Waals surface area (Å²) < 4.78 is 1.69. The third kappa shape index (κ3) is 3.10. The summed E-state index contributed by atoms with van der Waals surface area (Å²) in [4.78, 5) is 12.3. The van der Waals surface area contributed by atoms with Gasteiger partial charge in [-0.25, -0.2) is 0 Å². The number of aryl methyl sites for hydroxylation is 1. The van der Waals surface area contributed by atoms with E-state index in [4.69, 9.17) is 11.6 Å². The Kier molecular flexibility index (Phi) is 4.24. The number of fused-ring (bicyclic) bond motifs is 1. The number of aromatic nitrogens is 4. The number of benzene rings is 1.